The minimum atomic E-state index is -3.10. The van der Waals surface area contributed by atoms with Gasteiger partial charge in [0.2, 0.25) is 16.0 Å². The van der Waals surface area contributed by atoms with Gasteiger partial charge in [0.05, 0.1) is 19.5 Å². The fraction of sp³-hybridized carbons (Fsp3) is 0.692. The monoisotopic (exact) mass is 327 g/mol. The molecule has 2 aliphatic heterocycles. The van der Waals surface area contributed by atoms with E-state index in [-0.39, 0.29) is 0 Å². The normalized spacial score (nSPS) is 21.1. The Morgan fingerprint density at radius 3 is 2.36 bits per heavy atom. The largest absolute Gasteiger partial charge is 0.378 e. The maximum absolute atomic E-state index is 11.6. The van der Waals surface area contributed by atoms with E-state index in [9.17, 15) is 8.42 Å². The summed E-state index contributed by atoms with van der Waals surface area (Å²) in [4.78, 5) is 13.2. The van der Waals surface area contributed by atoms with Crippen molar-refractivity contribution in [2.75, 3.05) is 68.5 Å². The van der Waals surface area contributed by atoms with E-state index in [1.54, 1.807) is 6.20 Å². The maximum Gasteiger partial charge on any atom is 0.227 e. The fourth-order valence-electron chi connectivity index (χ4n) is 2.68. The molecule has 1 aromatic heterocycles. The number of rotatable bonds is 3. The molecule has 122 valence electrons. The van der Waals surface area contributed by atoms with E-state index < -0.39 is 10.0 Å². The van der Waals surface area contributed by atoms with Gasteiger partial charge >= 0.3 is 0 Å². The molecule has 2 aliphatic rings. The highest BCUT2D eigenvalue weighted by atomic mass is 32.2. The van der Waals surface area contributed by atoms with E-state index in [4.69, 9.17) is 4.74 Å². The van der Waals surface area contributed by atoms with Crippen LogP contribution in [-0.4, -0.2) is 81.4 Å². The highest BCUT2D eigenvalue weighted by Crippen LogP contribution is 2.18. The van der Waals surface area contributed by atoms with Crippen LogP contribution < -0.4 is 9.80 Å². The van der Waals surface area contributed by atoms with E-state index in [1.807, 2.05) is 6.07 Å². The molecule has 0 aromatic carbocycles. The maximum atomic E-state index is 11.6. The summed E-state index contributed by atoms with van der Waals surface area (Å²) in [6.07, 6.45) is 3.01. The van der Waals surface area contributed by atoms with Crippen molar-refractivity contribution in [1.82, 2.24) is 14.3 Å². The van der Waals surface area contributed by atoms with Crippen molar-refractivity contribution in [2.45, 2.75) is 0 Å². The second kappa shape index (κ2) is 6.35. The van der Waals surface area contributed by atoms with Crippen molar-refractivity contribution in [3.8, 4) is 0 Å². The quantitative estimate of drug-likeness (QED) is 0.733. The number of hydrogen-bond acceptors (Lipinski definition) is 7. The van der Waals surface area contributed by atoms with Crippen LogP contribution in [0, 0.1) is 0 Å². The predicted molar refractivity (Wildman–Crippen MR) is 83.7 cm³/mol. The SMILES string of the molecule is CS(=O)(=O)N1CCN(c2ccnc(N3CCOCC3)n2)CC1. The van der Waals surface area contributed by atoms with Crippen molar-refractivity contribution in [1.29, 1.82) is 0 Å². The Morgan fingerprint density at radius 2 is 1.73 bits per heavy atom. The molecular weight excluding hydrogens is 306 g/mol. The molecule has 3 heterocycles. The van der Waals surface area contributed by atoms with Gasteiger partial charge in [0, 0.05) is 45.5 Å². The molecule has 0 unspecified atom stereocenters. The number of aromatic nitrogens is 2. The average Bonchev–Trinajstić information content (AvgIpc) is 2.55. The summed E-state index contributed by atoms with van der Waals surface area (Å²) < 4.78 is 30.0. The molecule has 0 amide bonds. The molecule has 8 nitrogen and oxygen atoms in total. The van der Waals surface area contributed by atoms with Gasteiger partial charge in [0.15, 0.2) is 0 Å². The molecule has 0 aliphatic carbocycles. The summed E-state index contributed by atoms with van der Waals surface area (Å²) in [6, 6.07) is 1.88. The Labute approximate surface area is 130 Å². The number of piperazine rings is 1. The van der Waals surface area contributed by atoms with Crippen molar-refractivity contribution in [2.24, 2.45) is 0 Å². The second-order valence-electron chi connectivity index (χ2n) is 5.46. The van der Waals surface area contributed by atoms with Crippen LogP contribution in [0.4, 0.5) is 11.8 Å². The Balaban J connectivity index is 1.68. The molecule has 1 aromatic rings. The number of sulfonamides is 1. The van der Waals surface area contributed by atoms with Gasteiger partial charge in [-0.05, 0) is 6.07 Å². The highest BCUT2D eigenvalue weighted by Gasteiger charge is 2.24. The number of anilines is 2. The van der Waals surface area contributed by atoms with Gasteiger partial charge in [-0.3, -0.25) is 0 Å². The smallest absolute Gasteiger partial charge is 0.227 e. The average molecular weight is 327 g/mol. The van der Waals surface area contributed by atoms with Gasteiger partial charge < -0.3 is 14.5 Å². The van der Waals surface area contributed by atoms with E-state index in [0.29, 0.717) is 45.3 Å². The third kappa shape index (κ3) is 3.47. The molecule has 0 radical (unpaired) electrons. The first-order valence-corrected chi connectivity index (χ1v) is 9.25. The van der Waals surface area contributed by atoms with Crippen molar-refractivity contribution < 1.29 is 13.2 Å². The lowest BCUT2D eigenvalue weighted by atomic mass is 10.3. The predicted octanol–water partition coefficient (Wildman–Crippen LogP) is -0.605. The minimum Gasteiger partial charge on any atom is -0.378 e. The van der Waals surface area contributed by atoms with Gasteiger partial charge in [0.1, 0.15) is 5.82 Å². The lowest BCUT2D eigenvalue weighted by molar-refractivity contribution is 0.122. The van der Waals surface area contributed by atoms with Gasteiger partial charge in [-0.1, -0.05) is 0 Å². The summed E-state index contributed by atoms with van der Waals surface area (Å²) >= 11 is 0. The van der Waals surface area contributed by atoms with E-state index in [2.05, 4.69) is 19.8 Å². The van der Waals surface area contributed by atoms with E-state index in [1.165, 1.54) is 10.6 Å². The molecule has 0 atom stereocenters. The van der Waals surface area contributed by atoms with E-state index in [0.717, 1.165) is 18.9 Å². The molecule has 2 saturated heterocycles. The Morgan fingerprint density at radius 1 is 1.05 bits per heavy atom. The summed E-state index contributed by atoms with van der Waals surface area (Å²) in [5.41, 5.74) is 0. The van der Waals surface area contributed by atoms with Gasteiger partial charge in [-0.15, -0.1) is 0 Å². The Kier molecular flexibility index (Phi) is 4.46. The molecule has 0 spiro atoms. The van der Waals surface area contributed by atoms with Crippen LogP contribution >= 0.6 is 0 Å². The first-order chi connectivity index (χ1) is 10.5. The minimum absolute atomic E-state index is 0.496. The Hall–Kier alpha value is -1.45. The highest BCUT2D eigenvalue weighted by molar-refractivity contribution is 7.88. The molecule has 22 heavy (non-hydrogen) atoms. The van der Waals surface area contributed by atoms with Gasteiger partial charge in [-0.25, -0.2) is 13.4 Å². The molecule has 0 N–H and O–H groups in total. The first-order valence-electron chi connectivity index (χ1n) is 7.40. The van der Waals surface area contributed by atoms with Crippen molar-refractivity contribution in [3.05, 3.63) is 12.3 Å². The lowest BCUT2D eigenvalue weighted by Gasteiger charge is -2.34. The standard InChI is InChI=1S/C13H21N5O3S/c1-22(19,20)18-6-4-16(5-7-18)12-2-3-14-13(15-12)17-8-10-21-11-9-17/h2-3H,4-11H2,1H3. The Bertz CT molecular complexity index is 610. The molecular formula is C13H21N5O3S. The third-order valence-electron chi connectivity index (χ3n) is 3.95. The summed E-state index contributed by atoms with van der Waals surface area (Å²) in [5, 5.41) is 0. The molecule has 9 heteroatoms. The topological polar surface area (TPSA) is 78.9 Å². The zero-order chi connectivity index (χ0) is 15.6. The fourth-order valence-corrected chi connectivity index (χ4v) is 3.51. The number of hydrogen-bond donors (Lipinski definition) is 0. The number of morpholine rings is 1. The van der Waals surface area contributed by atoms with Crippen LogP contribution in [0.2, 0.25) is 0 Å². The summed E-state index contributed by atoms with van der Waals surface area (Å²) in [7, 11) is -3.10. The molecule has 3 rings (SSSR count). The summed E-state index contributed by atoms with van der Waals surface area (Å²) in [6.45, 7) is 5.27. The van der Waals surface area contributed by atoms with Crippen LogP contribution in [0.1, 0.15) is 0 Å². The van der Waals surface area contributed by atoms with Crippen LogP contribution in [0.25, 0.3) is 0 Å². The molecule has 2 fully saturated rings. The lowest BCUT2D eigenvalue weighted by Crippen LogP contribution is -2.48. The number of nitrogens with zero attached hydrogens (tertiary/aromatic N) is 5. The molecule has 0 saturated carbocycles. The van der Waals surface area contributed by atoms with E-state index >= 15 is 0 Å². The second-order valence-corrected chi connectivity index (χ2v) is 7.45. The zero-order valence-corrected chi connectivity index (χ0v) is 13.5. The summed E-state index contributed by atoms with van der Waals surface area (Å²) in [5.74, 6) is 1.57. The molecule has 0 bridgehead atoms. The van der Waals surface area contributed by atoms with Crippen molar-refractivity contribution >= 4 is 21.8 Å². The number of ether oxygens (including phenoxy) is 1. The van der Waals surface area contributed by atoms with Crippen LogP contribution in [-0.2, 0) is 14.8 Å². The van der Waals surface area contributed by atoms with Gasteiger partial charge in [0.25, 0.3) is 0 Å². The van der Waals surface area contributed by atoms with Gasteiger partial charge in [-0.2, -0.15) is 9.29 Å². The van der Waals surface area contributed by atoms with Crippen LogP contribution in [0.3, 0.4) is 0 Å². The van der Waals surface area contributed by atoms with Crippen LogP contribution in [0.5, 0.6) is 0 Å². The zero-order valence-electron chi connectivity index (χ0n) is 12.7. The van der Waals surface area contributed by atoms with Crippen LogP contribution in [0.15, 0.2) is 12.3 Å². The first kappa shape index (κ1) is 15.4. The van der Waals surface area contributed by atoms with Crippen molar-refractivity contribution in [3.63, 3.8) is 0 Å². The third-order valence-corrected chi connectivity index (χ3v) is 5.26.